The lowest BCUT2D eigenvalue weighted by Crippen LogP contribution is -2.42. The van der Waals surface area contributed by atoms with Crippen LogP contribution in [0.1, 0.15) is 22.0 Å². The summed E-state index contributed by atoms with van der Waals surface area (Å²) in [4.78, 5) is 14.5. The Labute approximate surface area is 147 Å². The third kappa shape index (κ3) is 4.35. The average molecular weight is 345 g/mol. The lowest BCUT2D eigenvalue weighted by Gasteiger charge is -2.33. The van der Waals surface area contributed by atoms with Crippen molar-refractivity contribution in [1.29, 1.82) is 0 Å². The second-order valence-electron chi connectivity index (χ2n) is 5.81. The van der Waals surface area contributed by atoms with Crippen molar-refractivity contribution in [2.24, 2.45) is 0 Å². The van der Waals surface area contributed by atoms with E-state index in [0.29, 0.717) is 23.7 Å². The number of halogens is 1. The summed E-state index contributed by atoms with van der Waals surface area (Å²) < 4.78 is 5.86. The molecule has 0 saturated carbocycles. The third-order valence-electron chi connectivity index (χ3n) is 4.15. The van der Waals surface area contributed by atoms with E-state index in [4.69, 9.17) is 16.3 Å². The number of morpholine rings is 1. The normalized spacial score (nSPS) is 18.3. The van der Waals surface area contributed by atoms with E-state index in [2.05, 4.69) is 22.3 Å². The molecule has 1 saturated heterocycles. The van der Waals surface area contributed by atoms with E-state index in [1.165, 1.54) is 5.56 Å². The lowest BCUT2D eigenvalue weighted by molar-refractivity contribution is -0.0293. The van der Waals surface area contributed by atoms with E-state index < -0.39 is 0 Å². The first-order valence-electron chi connectivity index (χ1n) is 8.15. The quantitative estimate of drug-likeness (QED) is 0.906. The molecular weight excluding hydrogens is 324 g/mol. The van der Waals surface area contributed by atoms with Crippen LogP contribution >= 0.6 is 11.6 Å². The number of amides is 1. The van der Waals surface area contributed by atoms with E-state index in [-0.39, 0.29) is 12.0 Å². The van der Waals surface area contributed by atoms with Crippen LogP contribution in [0.2, 0.25) is 5.02 Å². The van der Waals surface area contributed by atoms with Gasteiger partial charge in [0.25, 0.3) is 5.91 Å². The first-order chi connectivity index (χ1) is 11.7. The second kappa shape index (κ2) is 8.29. The molecular formula is C19H21ClN2O2. The molecule has 4 nitrogen and oxygen atoms in total. The standard InChI is InChI=1S/C19H21ClN2O2/c20-17-9-5-4-8-16(17)19(23)21-10-11-22-12-13-24-18(14-22)15-6-2-1-3-7-15/h1-9,18H,10-14H2,(H,21,23). The van der Waals surface area contributed by atoms with Gasteiger partial charge in [-0.05, 0) is 17.7 Å². The fourth-order valence-corrected chi connectivity index (χ4v) is 3.06. The smallest absolute Gasteiger partial charge is 0.252 e. The molecule has 1 atom stereocenters. The van der Waals surface area contributed by atoms with Gasteiger partial charge < -0.3 is 10.1 Å². The summed E-state index contributed by atoms with van der Waals surface area (Å²) in [5.74, 6) is -0.131. The van der Waals surface area contributed by atoms with E-state index in [1.54, 1.807) is 12.1 Å². The summed E-state index contributed by atoms with van der Waals surface area (Å²) in [7, 11) is 0. The monoisotopic (exact) mass is 344 g/mol. The molecule has 1 unspecified atom stereocenters. The summed E-state index contributed by atoms with van der Waals surface area (Å²) in [6, 6.07) is 17.3. The molecule has 0 aromatic heterocycles. The number of hydrogen-bond acceptors (Lipinski definition) is 3. The van der Waals surface area contributed by atoms with Gasteiger partial charge in [0, 0.05) is 26.2 Å². The topological polar surface area (TPSA) is 41.6 Å². The molecule has 2 aromatic rings. The molecule has 1 amide bonds. The Kier molecular flexibility index (Phi) is 5.86. The molecule has 24 heavy (non-hydrogen) atoms. The number of rotatable bonds is 5. The first-order valence-corrected chi connectivity index (χ1v) is 8.53. The van der Waals surface area contributed by atoms with Crippen molar-refractivity contribution in [1.82, 2.24) is 10.2 Å². The zero-order chi connectivity index (χ0) is 16.8. The SMILES string of the molecule is O=C(NCCN1CCOC(c2ccccc2)C1)c1ccccc1Cl. The summed E-state index contributed by atoms with van der Waals surface area (Å²) in [5, 5.41) is 3.41. The van der Waals surface area contributed by atoms with Gasteiger partial charge in [-0.25, -0.2) is 0 Å². The largest absolute Gasteiger partial charge is 0.371 e. The zero-order valence-electron chi connectivity index (χ0n) is 13.5. The molecule has 1 heterocycles. The van der Waals surface area contributed by atoms with Crippen molar-refractivity contribution in [2.45, 2.75) is 6.10 Å². The lowest BCUT2D eigenvalue weighted by atomic mass is 10.1. The second-order valence-corrected chi connectivity index (χ2v) is 6.21. The Hall–Kier alpha value is -1.88. The summed E-state index contributed by atoms with van der Waals surface area (Å²) in [6.07, 6.45) is 0.0965. The minimum absolute atomic E-state index is 0.0965. The summed E-state index contributed by atoms with van der Waals surface area (Å²) in [6.45, 7) is 3.81. The molecule has 5 heteroatoms. The number of carbonyl (C=O) groups is 1. The van der Waals surface area contributed by atoms with E-state index in [1.807, 2.05) is 30.3 Å². The first kappa shape index (κ1) is 17.0. The van der Waals surface area contributed by atoms with Crippen molar-refractivity contribution < 1.29 is 9.53 Å². The Balaban J connectivity index is 1.48. The van der Waals surface area contributed by atoms with Crippen LogP contribution in [-0.4, -0.2) is 43.6 Å². The van der Waals surface area contributed by atoms with Gasteiger partial charge in [0.1, 0.15) is 0 Å². The highest BCUT2D eigenvalue weighted by Gasteiger charge is 2.21. The number of ether oxygens (including phenoxy) is 1. The Bertz CT molecular complexity index is 678. The van der Waals surface area contributed by atoms with Crippen LogP contribution in [0.3, 0.4) is 0 Å². The van der Waals surface area contributed by atoms with E-state index >= 15 is 0 Å². The van der Waals surface area contributed by atoms with Crippen LogP contribution < -0.4 is 5.32 Å². The number of nitrogens with zero attached hydrogens (tertiary/aromatic N) is 1. The van der Waals surface area contributed by atoms with Gasteiger partial charge in [-0.2, -0.15) is 0 Å². The Morgan fingerprint density at radius 1 is 1.17 bits per heavy atom. The van der Waals surface area contributed by atoms with Crippen molar-refractivity contribution in [3.8, 4) is 0 Å². The average Bonchev–Trinajstić information content (AvgIpc) is 2.63. The molecule has 126 valence electrons. The van der Waals surface area contributed by atoms with Crippen LogP contribution in [0.25, 0.3) is 0 Å². The molecule has 0 radical (unpaired) electrons. The molecule has 0 spiro atoms. The molecule has 1 fully saturated rings. The predicted octanol–water partition coefficient (Wildman–Crippen LogP) is 3.14. The van der Waals surface area contributed by atoms with E-state index in [9.17, 15) is 4.79 Å². The third-order valence-corrected chi connectivity index (χ3v) is 4.48. The fourth-order valence-electron chi connectivity index (χ4n) is 2.84. The van der Waals surface area contributed by atoms with E-state index in [0.717, 1.165) is 19.6 Å². The number of nitrogens with one attached hydrogen (secondary N) is 1. The predicted molar refractivity (Wildman–Crippen MR) is 95.4 cm³/mol. The van der Waals surface area contributed by atoms with Crippen LogP contribution in [0.4, 0.5) is 0 Å². The van der Waals surface area contributed by atoms with Crippen molar-refractivity contribution in [3.05, 3.63) is 70.7 Å². The van der Waals surface area contributed by atoms with Gasteiger partial charge in [-0.1, -0.05) is 54.1 Å². The highest BCUT2D eigenvalue weighted by Crippen LogP contribution is 2.21. The van der Waals surface area contributed by atoms with Crippen molar-refractivity contribution in [2.75, 3.05) is 32.8 Å². The maximum atomic E-state index is 12.2. The highest BCUT2D eigenvalue weighted by molar-refractivity contribution is 6.33. The molecule has 2 aromatic carbocycles. The zero-order valence-corrected chi connectivity index (χ0v) is 14.2. The maximum absolute atomic E-state index is 12.2. The Morgan fingerprint density at radius 2 is 1.92 bits per heavy atom. The summed E-state index contributed by atoms with van der Waals surface area (Å²) in [5.41, 5.74) is 1.71. The molecule has 3 rings (SSSR count). The maximum Gasteiger partial charge on any atom is 0.252 e. The molecule has 0 aliphatic carbocycles. The number of carbonyl (C=O) groups excluding carboxylic acids is 1. The minimum atomic E-state index is -0.131. The molecule has 1 aliphatic heterocycles. The minimum Gasteiger partial charge on any atom is -0.371 e. The van der Waals surface area contributed by atoms with Crippen molar-refractivity contribution in [3.63, 3.8) is 0 Å². The molecule has 0 bridgehead atoms. The van der Waals surface area contributed by atoms with Crippen LogP contribution in [0, 0.1) is 0 Å². The number of benzene rings is 2. The molecule has 1 N–H and O–H groups in total. The highest BCUT2D eigenvalue weighted by atomic mass is 35.5. The van der Waals surface area contributed by atoms with Gasteiger partial charge in [-0.3, -0.25) is 9.69 Å². The van der Waals surface area contributed by atoms with Crippen LogP contribution in [-0.2, 0) is 4.74 Å². The van der Waals surface area contributed by atoms with Gasteiger partial charge in [0.15, 0.2) is 0 Å². The van der Waals surface area contributed by atoms with Crippen LogP contribution in [0.15, 0.2) is 54.6 Å². The van der Waals surface area contributed by atoms with Crippen LogP contribution in [0.5, 0.6) is 0 Å². The van der Waals surface area contributed by atoms with Gasteiger partial charge in [-0.15, -0.1) is 0 Å². The molecule has 1 aliphatic rings. The Morgan fingerprint density at radius 3 is 2.71 bits per heavy atom. The van der Waals surface area contributed by atoms with Crippen molar-refractivity contribution >= 4 is 17.5 Å². The summed E-state index contributed by atoms with van der Waals surface area (Å²) >= 11 is 6.05. The van der Waals surface area contributed by atoms with Gasteiger partial charge >= 0.3 is 0 Å². The number of hydrogen-bond donors (Lipinski definition) is 1. The fraction of sp³-hybridized carbons (Fsp3) is 0.316. The van der Waals surface area contributed by atoms with Gasteiger partial charge in [0.2, 0.25) is 0 Å². The van der Waals surface area contributed by atoms with Gasteiger partial charge in [0.05, 0.1) is 23.3 Å².